The molecule has 170 valence electrons. The molecular formula is C23H15F3N6O2. The maximum atomic E-state index is 13.9. The van der Waals surface area contributed by atoms with E-state index in [1.807, 2.05) is 30.5 Å². The number of ketones is 1. The van der Waals surface area contributed by atoms with Crippen molar-refractivity contribution in [3.05, 3.63) is 101 Å². The van der Waals surface area contributed by atoms with Crippen LogP contribution >= 0.6 is 0 Å². The summed E-state index contributed by atoms with van der Waals surface area (Å²) in [6, 6.07) is 11.3. The smallest absolute Gasteiger partial charge is 0.268 e. The van der Waals surface area contributed by atoms with Crippen LogP contribution in [0.25, 0.3) is 16.9 Å². The Morgan fingerprint density at radius 2 is 1.79 bits per heavy atom. The summed E-state index contributed by atoms with van der Waals surface area (Å²) in [5.41, 5.74) is 1.74. The molecule has 0 aliphatic carbocycles. The van der Waals surface area contributed by atoms with Crippen LogP contribution in [-0.4, -0.2) is 36.5 Å². The monoisotopic (exact) mass is 464 g/mol. The Balaban J connectivity index is 1.26. The van der Waals surface area contributed by atoms with Gasteiger partial charge in [0.05, 0.1) is 23.3 Å². The van der Waals surface area contributed by atoms with Gasteiger partial charge in [-0.15, -0.1) is 0 Å². The third-order valence-corrected chi connectivity index (χ3v) is 5.13. The molecule has 1 amide bonds. The van der Waals surface area contributed by atoms with Gasteiger partial charge in [-0.05, 0) is 30.3 Å². The number of amides is 1. The average molecular weight is 464 g/mol. The summed E-state index contributed by atoms with van der Waals surface area (Å²) < 4.78 is 42.6. The lowest BCUT2D eigenvalue weighted by Crippen LogP contribution is -2.23. The summed E-state index contributed by atoms with van der Waals surface area (Å²) in [4.78, 5) is 27.5. The fourth-order valence-corrected chi connectivity index (χ4v) is 3.48. The fourth-order valence-electron chi connectivity index (χ4n) is 3.48. The molecule has 4 heterocycles. The van der Waals surface area contributed by atoms with E-state index in [-0.39, 0.29) is 17.8 Å². The van der Waals surface area contributed by atoms with Crippen LogP contribution in [0, 0.1) is 17.5 Å². The summed E-state index contributed by atoms with van der Waals surface area (Å²) in [6.45, 7) is 0.0999. The molecule has 3 N–H and O–H groups in total. The molecule has 34 heavy (non-hydrogen) atoms. The van der Waals surface area contributed by atoms with Gasteiger partial charge in [0.15, 0.2) is 5.78 Å². The highest BCUT2D eigenvalue weighted by atomic mass is 19.1. The molecule has 0 unspecified atom stereocenters. The number of H-pyrrole nitrogens is 2. The SMILES string of the molecule is O=C(NCc1cc(-c2cc3ccccn3n2)n[nH]1)c1cc(C(=O)c2c(F)cc(F)cc2F)c[nH]1. The van der Waals surface area contributed by atoms with Gasteiger partial charge in [-0.2, -0.15) is 10.2 Å². The van der Waals surface area contributed by atoms with Gasteiger partial charge in [0, 0.05) is 30.1 Å². The van der Waals surface area contributed by atoms with Gasteiger partial charge in [-0.25, -0.2) is 17.7 Å². The maximum Gasteiger partial charge on any atom is 0.268 e. The molecule has 0 spiro atoms. The van der Waals surface area contributed by atoms with E-state index in [0.29, 0.717) is 29.2 Å². The van der Waals surface area contributed by atoms with Crippen LogP contribution in [0.4, 0.5) is 13.2 Å². The van der Waals surface area contributed by atoms with Crippen molar-refractivity contribution in [3.63, 3.8) is 0 Å². The van der Waals surface area contributed by atoms with Crippen LogP contribution in [0.15, 0.2) is 60.9 Å². The molecular weight excluding hydrogens is 449 g/mol. The topological polar surface area (TPSA) is 108 Å². The first-order valence-electron chi connectivity index (χ1n) is 10.0. The van der Waals surface area contributed by atoms with Gasteiger partial charge in [-0.3, -0.25) is 14.7 Å². The van der Waals surface area contributed by atoms with Crippen molar-refractivity contribution in [1.29, 1.82) is 0 Å². The number of aromatic nitrogens is 5. The third-order valence-electron chi connectivity index (χ3n) is 5.13. The highest BCUT2D eigenvalue weighted by molar-refractivity contribution is 6.10. The van der Waals surface area contributed by atoms with Crippen LogP contribution in [-0.2, 0) is 6.54 Å². The Morgan fingerprint density at radius 1 is 1.00 bits per heavy atom. The molecule has 0 fully saturated rings. The summed E-state index contributed by atoms with van der Waals surface area (Å²) in [5, 5.41) is 14.1. The van der Waals surface area contributed by atoms with Gasteiger partial charge in [-0.1, -0.05) is 6.07 Å². The molecule has 11 heteroatoms. The highest BCUT2D eigenvalue weighted by Crippen LogP contribution is 2.20. The number of halogens is 3. The van der Waals surface area contributed by atoms with Crippen molar-refractivity contribution in [1.82, 2.24) is 30.1 Å². The van der Waals surface area contributed by atoms with Gasteiger partial charge in [0.25, 0.3) is 5.91 Å². The normalized spacial score (nSPS) is 11.1. The largest absolute Gasteiger partial charge is 0.356 e. The van der Waals surface area contributed by atoms with Gasteiger partial charge in [0.2, 0.25) is 0 Å². The first-order valence-corrected chi connectivity index (χ1v) is 10.0. The lowest BCUT2D eigenvalue weighted by atomic mass is 10.0. The molecule has 0 saturated heterocycles. The third kappa shape index (κ3) is 3.94. The van der Waals surface area contributed by atoms with E-state index < -0.39 is 34.7 Å². The van der Waals surface area contributed by atoms with E-state index in [4.69, 9.17) is 0 Å². The lowest BCUT2D eigenvalue weighted by Gasteiger charge is -2.03. The number of rotatable bonds is 6. The number of hydrogen-bond donors (Lipinski definition) is 3. The summed E-state index contributed by atoms with van der Waals surface area (Å²) in [5.74, 6) is -5.35. The Labute approximate surface area is 189 Å². The summed E-state index contributed by atoms with van der Waals surface area (Å²) >= 11 is 0. The predicted molar refractivity (Wildman–Crippen MR) is 114 cm³/mol. The summed E-state index contributed by atoms with van der Waals surface area (Å²) in [7, 11) is 0. The van der Waals surface area contributed by atoms with Crippen molar-refractivity contribution in [2.24, 2.45) is 0 Å². The Kier molecular flexibility index (Phi) is 5.21. The number of benzene rings is 1. The van der Waals surface area contributed by atoms with Crippen molar-refractivity contribution in [2.45, 2.75) is 6.54 Å². The zero-order valence-corrected chi connectivity index (χ0v) is 17.3. The molecule has 0 bridgehead atoms. The minimum Gasteiger partial charge on any atom is -0.356 e. The van der Waals surface area contributed by atoms with Gasteiger partial charge >= 0.3 is 0 Å². The summed E-state index contributed by atoms with van der Waals surface area (Å²) in [6.07, 6.45) is 2.97. The Bertz CT molecular complexity index is 1500. The van der Waals surface area contributed by atoms with E-state index in [0.717, 1.165) is 17.8 Å². The minimum absolute atomic E-state index is 0.00590. The molecule has 4 aromatic heterocycles. The number of fused-ring (bicyclic) bond motifs is 1. The molecule has 0 atom stereocenters. The molecule has 8 nitrogen and oxygen atoms in total. The van der Waals surface area contributed by atoms with Crippen molar-refractivity contribution >= 4 is 17.2 Å². The van der Waals surface area contributed by atoms with Crippen molar-refractivity contribution < 1.29 is 22.8 Å². The number of nitrogens with zero attached hydrogens (tertiary/aromatic N) is 3. The average Bonchev–Trinajstić information content (AvgIpc) is 3.55. The zero-order chi connectivity index (χ0) is 23.8. The first-order chi connectivity index (χ1) is 16.4. The molecule has 0 radical (unpaired) electrons. The lowest BCUT2D eigenvalue weighted by molar-refractivity contribution is 0.0946. The minimum atomic E-state index is -1.32. The number of pyridine rings is 1. The Morgan fingerprint density at radius 3 is 2.56 bits per heavy atom. The van der Waals surface area contributed by atoms with E-state index >= 15 is 0 Å². The van der Waals surface area contributed by atoms with Crippen LogP contribution in [0.2, 0.25) is 0 Å². The molecule has 0 saturated carbocycles. The standard InChI is InChI=1S/C23H15F3N6O2/c24-13-6-16(25)21(17(26)7-13)22(33)12-5-20(27-10-12)23(34)28-11-14-8-18(30-29-14)19-9-15-3-1-2-4-32(15)31-19/h1-10,27H,11H2,(H,28,34)(H,29,30). The second-order valence-corrected chi connectivity index (χ2v) is 7.44. The van der Waals surface area contributed by atoms with Crippen LogP contribution < -0.4 is 5.32 Å². The van der Waals surface area contributed by atoms with E-state index in [2.05, 4.69) is 25.6 Å². The van der Waals surface area contributed by atoms with Gasteiger partial charge < -0.3 is 10.3 Å². The molecule has 5 rings (SSSR count). The number of hydrogen-bond acceptors (Lipinski definition) is 4. The van der Waals surface area contributed by atoms with Crippen LogP contribution in [0.5, 0.6) is 0 Å². The number of nitrogens with one attached hydrogen (secondary N) is 3. The van der Waals surface area contributed by atoms with Gasteiger partial charge in [0.1, 0.15) is 34.5 Å². The second-order valence-electron chi connectivity index (χ2n) is 7.44. The van der Waals surface area contributed by atoms with E-state index in [1.165, 1.54) is 0 Å². The molecule has 0 aliphatic heterocycles. The van der Waals surface area contributed by atoms with E-state index in [1.54, 1.807) is 10.6 Å². The molecule has 0 aliphatic rings. The zero-order valence-electron chi connectivity index (χ0n) is 17.3. The molecule has 5 aromatic rings. The van der Waals surface area contributed by atoms with Crippen molar-refractivity contribution in [2.75, 3.05) is 0 Å². The van der Waals surface area contributed by atoms with Crippen molar-refractivity contribution in [3.8, 4) is 11.4 Å². The van der Waals surface area contributed by atoms with Crippen LogP contribution in [0.3, 0.4) is 0 Å². The number of aromatic amines is 2. The van der Waals surface area contributed by atoms with E-state index in [9.17, 15) is 22.8 Å². The second kappa shape index (κ2) is 8.35. The Hall–Kier alpha value is -4.67. The first kappa shape index (κ1) is 21.2. The predicted octanol–water partition coefficient (Wildman–Crippen LogP) is 3.63. The van der Waals surface area contributed by atoms with Crippen LogP contribution in [0.1, 0.15) is 32.1 Å². The fraction of sp³-hybridized carbons (Fsp3) is 0.0435. The number of carbonyl (C=O) groups excluding carboxylic acids is 2. The quantitative estimate of drug-likeness (QED) is 0.334. The number of carbonyl (C=O) groups is 2. The molecule has 1 aromatic carbocycles. The maximum absolute atomic E-state index is 13.9. The highest BCUT2D eigenvalue weighted by Gasteiger charge is 2.22.